The summed E-state index contributed by atoms with van der Waals surface area (Å²) in [4.78, 5) is 49.0. The number of rotatable bonds is 5. The van der Waals surface area contributed by atoms with E-state index in [2.05, 4.69) is 55.7 Å². The first-order valence-corrected chi connectivity index (χ1v) is 18.2. The summed E-state index contributed by atoms with van der Waals surface area (Å²) in [5, 5.41) is 12.7. The smallest absolute Gasteiger partial charge is 0.255 e. The number of fused-ring (bicyclic) bond motifs is 4. The number of nitrogens with zero attached hydrogens (tertiary/aromatic N) is 6. The Labute approximate surface area is 314 Å². The van der Waals surface area contributed by atoms with Crippen LogP contribution in [-0.2, 0) is 22.7 Å². The van der Waals surface area contributed by atoms with Gasteiger partial charge in [-0.1, -0.05) is 41.6 Å². The lowest BCUT2D eigenvalue weighted by Gasteiger charge is -2.29. The lowest BCUT2D eigenvalue weighted by molar-refractivity contribution is -0.136. The van der Waals surface area contributed by atoms with E-state index in [1.54, 1.807) is 29.7 Å². The number of nitrogens with one attached hydrogen (secondary N) is 1. The summed E-state index contributed by atoms with van der Waals surface area (Å²) in [6.07, 6.45) is 2.62. The zero-order chi connectivity index (χ0) is 36.6. The van der Waals surface area contributed by atoms with Gasteiger partial charge in [0.1, 0.15) is 34.9 Å². The number of imide groups is 1. The van der Waals surface area contributed by atoms with Crippen LogP contribution < -0.4 is 10.1 Å². The number of amides is 3. The monoisotopic (exact) mass is 739 g/mol. The number of ether oxygens (including phenoxy) is 1. The molecule has 0 aliphatic carbocycles. The lowest BCUT2D eigenvalue weighted by Crippen LogP contribution is -2.52. The van der Waals surface area contributed by atoms with Crippen LogP contribution in [0, 0.1) is 37.5 Å². The van der Waals surface area contributed by atoms with Gasteiger partial charge in [0.15, 0.2) is 5.82 Å². The molecule has 1 saturated heterocycles. The second-order valence-electron chi connectivity index (χ2n) is 12.7. The number of pyridine rings is 1. The Kier molecular flexibility index (Phi) is 9.09. The number of halogens is 1. The summed E-state index contributed by atoms with van der Waals surface area (Å²) in [7, 11) is 0. The maximum absolute atomic E-state index is 13.1. The molecule has 3 amide bonds. The van der Waals surface area contributed by atoms with Gasteiger partial charge in [-0.25, -0.2) is 4.98 Å². The molecule has 13 heteroatoms. The van der Waals surface area contributed by atoms with E-state index in [9.17, 15) is 14.4 Å². The van der Waals surface area contributed by atoms with E-state index in [0.29, 0.717) is 48.0 Å². The molecule has 0 bridgehead atoms. The number of thiophene rings is 1. The molecule has 3 aliphatic rings. The molecule has 1 atom stereocenters. The van der Waals surface area contributed by atoms with Gasteiger partial charge in [0.05, 0.1) is 23.4 Å². The summed E-state index contributed by atoms with van der Waals surface area (Å²) >= 11 is 7.77. The Morgan fingerprint density at radius 1 is 1.02 bits per heavy atom. The first-order chi connectivity index (χ1) is 25.7. The highest BCUT2D eigenvalue weighted by molar-refractivity contribution is 7.15. The van der Waals surface area contributed by atoms with E-state index in [0.717, 1.165) is 55.1 Å². The summed E-state index contributed by atoms with van der Waals surface area (Å²) in [6.45, 7) is 5.03. The minimum Gasteiger partial charge on any atom is -0.491 e. The molecule has 53 heavy (non-hydrogen) atoms. The minimum absolute atomic E-state index is 0.209. The number of aromatic nitrogens is 4. The molecule has 1 N–H and O–H groups in total. The van der Waals surface area contributed by atoms with Crippen molar-refractivity contribution in [2.45, 2.75) is 52.2 Å². The molecule has 0 radical (unpaired) electrons. The summed E-state index contributed by atoms with van der Waals surface area (Å²) in [6, 6.07) is 16.1. The van der Waals surface area contributed by atoms with E-state index >= 15 is 0 Å². The molecule has 5 aromatic rings. The van der Waals surface area contributed by atoms with Gasteiger partial charge < -0.3 is 9.64 Å². The predicted molar refractivity (Wildman–Crippen MR) is 199 cm³/mol. The highest BCUT2D eigenvalue weighted by Crippen LogP contribution is 2.37. The van der Waals surface area contributed by atoms with Gasteiger partial charge in [0.25, 0.3) is 5.91 Å². The van der Waals surface area contributed by atoms with Crippen LogP contribution >= 0.6 is 22.9 Å². The first kappa shape index (κ1) is 34.0. The third-order valence-electron chi connectivity index (χ3n) is 9.30. The number of benzene rings is 2. The van der Waals surface area contributed by atoms with Gasteiger partial charge in [-0.2, -0.15) is 0 Å². The lowest BCUT2D eigenvalue weighted by atomic mass is 10.00. The maximum atomic E-state index is 13.1. The van der Waals surface area contributed by atoms with Crippen LogP contribution in [0.3, 0.4) is 0 Å². The molecule has 0 spiro atoms. The third-order valence-corrected chi connectivity index (χ3v) is 10.7. The van der Waals surface area contributed by atoms with E-state index in [1.807, 2.05) is 49.4 Å². The molecule has 3 aliphatic heterocycles. The predicted octanol–water partition coefficient (Wildman–Crippen LogP) is 5.33. The molecule has 0 saturated carbocycles. The van der Waals surface area contributed by atoms with Crippen molar-refractivity contribution in [2.75, 3.05) is 6.61 Å². The van der Waals surface area contributed by atoms with Gasteiger partial charge >= 0.3 is 0 Å². The molecule has 1 fully saturated rings. The third kappa shape index (κ3) is 6.59. The van der Waals surface area contributed by atoms with Crippen LogP contribution in [0.4, 0.5) is 0 Å². The molecule has 8 rings (SSSR count). The van der Waals surface area contributed by atoms with Crippen LogP contribution in [0.15, 0.2) is 65.8 Å². The fourth-order valence-electron chi connectivity index (χ4n) is 6.64. The number of hydrogen-bond acceptors (Lipinski definition) is 9. The fraction of sp³-hybridized carbons (Fsp3) is 0.225. The number of piperidine rings is 1. The molecule has 1 unspecified atom stereocenters. The van der Waals surface area contributed by atoms with E-state index in [1.165, 1.54) is 4.90 Å². The van der Waals surface area contributed by atoms with E-state index in [4.69, 9.17) is 21.3 Å². The quantitative estimate of drug-likeness (QED) is 0.147. The second-order valence-corrected chi connectivity index (χ2v) is 14.1. The Morgan fingerprint density at radius 3 is 2.66 bits per heavy atom. The van der Waals surface area contributed by atoms with E-state index < -0.39 is 11.9 Å². The first-order valence-electron chi connectivity index (χ1n) is 17.0. The topological polar surface area (TPSA) is 132 Å². The van der Waals surface area contributed by atoms with Gasteiger partial charge in [0, 0.05) is 46.7 Å². The highest BCUT2D eigenvalue weighted by atomic mass is 35.5. The number of carbonyl (C=O) groups is 3. The van der Waals surface area contributed by atoms with Crippen molar-refractivity contribution >= 4 is 46.4 Å². The number of hydrogen-bond donors (Lipinski definition) is 1. The van der Waals surface area contributed by atoms with Crippen LogP contribution in [0.5, 0.6) is 5.75 Å². The number of carbonyl (C=O) groups excluding carboxylic acids is 3. The van der Waals surface area contributed by atoms with E-state index in [-0.39, 0.29) is 24.8 Å². The molecular weight excluding hydrogens is 710 g/mol. The molecule has 11 nitrogen and oxygen atoms in total. The molecular formula is C40H30ClN7O4S. The largest absolute Gasteiger partial charge is 0.491 e. The minimum atomic E-state index is -0.667. The van der Waals surface area contributed by atoms with Crippen molar-refractivity contribution in [3.05, 3.63) is 121 Å². The number of aliphatic imine (C=N–C) groups is 1. The SMILES string of the molecule is Cc1c(C#Cc2ccc(OCCC#Cc3cccc4c3CN(C3CCC(=O)NC3=O)C4=O)cn2)sc2c1C(c1ccc(Cl)cc1)=NCc1nnc(C)n1-2. The Bertz CT molecular complexity index is 2480. The van der Waals surface area contributed by atoms with Crippen LogP contribution in [0.1, 0.15) is 79.7 Å². The van der Waals surface area contributed by atoms with Crippen LogP contribution in [0.2, 0.25) is 5.02 Å². The summed E-state index contributed by atoms with van der Waals surface area (Å²) in [5.74, 6) is 14.0. The Morgan fingerprint density at radius 2 is 1.87 bits per heavy atom. The Hall–Kier alpha value is -6.08. The molecule has 6 heterocycles. The van der Waals surface area contributed by atoms with Crippen molar-refractivity contribution in [3.8, 4) is 34.4 Å². The normalized spacial score (nSPS) is 15.9. The van der Waals surface area contributed by atoms with Crippen molar-refractivity contribution in [3.63, 3.8) is 0 Å². The van der Waals surface area contributed by atoms with Crippen molar-refractivity contribution in [1.82, 2.24) is 30.0 Å². The maximum Gasteiger partial charge on any atom is 0.255 e. The van der Waals surface area contributed by atoms with Gasteiger partial charge in [0.2, 0.25) is 11.8 Å². The highest BCUT2D eigenvalue weighted by Gasteiger charge is 2.39. The Balaban J connectivity index is 0.928. The van der Waals surface area contributed by atoms with Gasteiger partial charge in [-0.05, 0) is 79.6 Å². The second kappa shape index (κ2) is 14.2. The number of aryl methyl sites for hydroxylation is 1. The van der Waals surface area contributed by atoms with Crippen LogP contribution in [-0.4, -0.2) is 60.7 Å². The summed E-state index contributed by atoms with van der Waals surface area (Å²) < 4.78 is 7.95. The average Bonchev–Trinajstić information content (AvgIpc) is 3.76. The van der Waals surface area contributed by atoms with Crippen molar-refractivity contribution in [2.24, 2.45) is 4.99 Å². The van der Waals surface area contributed by atoms with Gasteiger partial charge in [-0.15, -0.1) is 21.5 Å². The fourth-order valence-corrected chi connectivity index (χ4v) is 8.00. The van der Waals surface area contributed by atoms with Crippen LogP contribution in [0.25, 0.3) is 5.00 Å². The standard InChI is InChI=1S/C40H30ClN7O4S/c1-23-33(53-40-36(23)37(26-9-11-27(41)12-10-26)43-21-34-46-45-24(2)48(34)40)17-14-28-13-15-29(20-42-28)52-19-4-3-6-25-7-5-8-30-31(25)22-47(39(30)51)32-16-18-35(49)44-38(32)50/h5,7-13,15,20,32H,4,16,18-19,21-22H2,1-2H3,(H,44,49,50). The molecule has 2 aromatic carbocycles. The zero-order valence-corrected chi connectivity index (χ0v) is 30.3. The molecule has 3 aromatic heterocycles. The zero-order valence-electron chi connectivity index (χ0n) is 28.7. The van der Waals surface area contributed by atoms with Gasteiger partial charge in [-0.3, -0.25) is 29.3 Å². The van der Waals surface area contributed by atoms with Crippen molar-refractivity contribution < 1.29 is 19.1 Å². The summed E-state index contributed by atoms with van der Waals surface area (Å²) in [5.41, 5.74) is 6.52. The molecule has 262 valence electrons. The average molecular weight is 740 g/mol. The van der Waals surface area contributed by atoms with Crippen molar-refractivity contribution in [1.29, 1.82) is 0 Å².